The zero-order valence-electron chi connectivity index (χ0n) is 13.0. The van der Waals surface area contributed by atoms with Crippen molar-refractivity contribution >= 4 is 39.4 Å². The Morgan fingerprint density at radius 2 is 2.04 bits per heavy atom. The van der Waals surface area contributed by atoms with Crippen molar-refractivity contribution in [2.45, 2.75) is 19.9 Å². The number of halogens is 1. The number of esters is 1. The zero-order chi connectivity index (χ0) is 18.3. The first-order chi connectivity index (χ1) is 11.3. The molecule has 2 N–H and O–H groups in total. The van der Waals surface area contributed by atoms with E-state index in [4.69, 9.17) is 4.74 Å². The summed E-state index contributed by atoms with van der Waals surface area (Å²) >= 11 is 3.00. The van der Waals surface area contributed by atoms with Crippen LogP contribution in [0.4, 0.5) is 5.69 Å². The summed E-state index contributed by atoms with van der Waals surface area (Å²) in [6.45, 7) is 3.05. The number of nitrogens with one attached hydrogen (secondary N) is 2. The first kappa shape index (κ1) is 19.6. The molecule has 10 heteroatoms. The quantitative estimate of drug-likeness (QED) is 0.400. The van der Waals surface area contributed by atoms with E-state index in [0.717, 1.165) is 6.07 Å². The van der Waals surface area contributed by atoms with Gasteiger partial charge in [-0.1, -0.05) is 0 Å². The van der Waals surface area contributed by atoms with Gasteiger partial charge in [0.2, 0.25) is 5.91 Å². The summed E-state index contributed by atoms with van der Waals surface area (Å²) < 4.78 is 5.00. The number of likely N-dealkylation sites (N-methyl/N-ethyl adjacent to an activating group) is 1. The predicted octanol–water partition coefficient (Wildman–Crippen LogP) is 1.15. The molecule has 0 aromatic heterocycles. The Morgan fingerprint density at radius 1 is 1.38 bits per heavy atom. The van der Waals surface area contributed by atoms with Crippen molar-refractivity contribution in [2.75, 3.05) is 13.2 Å². The number of benzene rings is 1. The molecule has 1 aromatic rings. The second kappa shape index (κ2) is 8.96. The lowest BCUT2D eigenvalue weighted by Crippen LogP contribution is -2.46. The highest BCUT2D eigenvalue weighted by atomic mass is 79.9. The van der Waals surface area contributed by atoms with Gasteiger partial charge in [0.25, 0.3) is 11.6 Å². The van der Waals surface area contributed by atoms with E-state index in [-0.39, 0.29) is 21.6 Å². The van der Waals surface area contributed by atoms with Gasteiger partial charge in [0, 0.05) is 12.6 Å². The van der Waals surface area contributed by atoms with E-state index >= 15 is 0 Å². The summed E-state index contributed by atoms with van der Waals surface area (Å²) in [7, 11) is 0. The summed E-state index contributed by atoms with van der Waals surface area (Å²) in [6, 6.07) is 2.94. The Bertz CT molecular complexity index is 664. The molecule has 0 bridgehead atoms. The number of nitro groups is 1. The van der Waals surface area contributed by atoms with Crippen molar-refractivity contribution in [2.24, 2.45) is 0 Å². The first-order valence-corrected chi connectivity index (χ1v) is 7.73. The molecule has 130 valence electrons. The number of ether oxygens (including phenoxy) is 1. The molecule has 0 radical (unpaired) electrons. The lowest BCUT2D eigenvalue weighted by molar-refractivity contribution is -0.385. The molecule has 0 unspecified atom stereocenters. The monoisotopic (exact) mass is 401 g/mol. The molecular weight excluding hydrogens is 386 g/mol. The van der Waals surface area contributed by atoms with Gasteiger partial charge in [-0.2, -0.15) is 0 Å². The minimum Gasteiger partial charge on any atom is -0.452 e. The maximum absolute atomic E-state index is 11.8. The maximum Gasteiger partial charge on any atom is 0.338 e. The van der Waals surface area contributed by atoms with Crippen LogP contribution in [0.2, 0.25) is 0 Å². The minimum absolute atomic E-state index is 0.0607. The molecular formula is C14H16BrN3O6. The fourth-order valence-electron chi connectivity index (χ4n) is 1.67. The van der Waals surface area contributed by atoms with Crippen LogP contribution in [0, 0.1) is 10.1 Å². The molecule has 0 heterocycles. The van der Waals surface area contributed by atoms with Crippen LogP contribution in [-0.4, -0.2) is 41.9 Å². The molecule has 0 saturated heterocycles. The van der Waals surface area contributed by atoms with Gasteiger partial charge in [0.1, 0.15) is 6.04 Å². The van der Waals surface area contributed by atoms with Crippen molar-refractivity contribution in [3.8, 4) is 0 Å². The van der Waals surface area contributed by atoms with Crippen molar-refractivity contribution in [3.63, 3.8) is 0 Å². The minimum atomic E-state index is -0.883. The average molecular weight is 402 g/mol. The second-order valence-corrected chi connectivity index (χ2v) is 5.54. The smallest absolute Gasteiger partial charge is 0.338 e. The number of nitrogens with zero attached hydrogens (tertiary/aromatic N) is 1. The van der Waals surface area contributed by atoms with Crippen LogP contribution >= 0.6 is 15.9 Å². The van der Waals surface area contributed by atoms with Crippen molar-refractivity contribution in [1.82, 2.24) is 10.6 Å². The van der Waals surface area contributed by atoms with Crippen LogP contribution in [0.5, 0.6) is 0 Å². The molecule has 1 rings (SSSR count). The molecule has 0 spiro atoms. The van der Waals surface area contributed by atoms with Crippen LogP contribution in [0.15, 0.2) is 22.7 Å². The maximum atomic E-state index is 11.8. The molecule has 0 aliphatic carbocycles. The standard InChI is InChI=1S/C14H16BrN3O6/c1-3-16-13(20)8(2)17-12(19)7-24-14(21)9-4-5-10(15)11(6-9)18(22)23/h4-6,8H,3,7H2,1-2H3,(H,16,20)(H,17,19)/t8-/m1/s1. The largest absolute Gasteiger partial charge is 0.452 e. The molecule has 0 aliphatic heterocycles. The van der Waals surface area contributed by atoms with Gasteiger partial charge in [0.05, 0.1) is 15.0 Å². The summed E-state index contributed by atoms with van der Waals surface area (Å²) in [6.07, 6.45) is 0. The average Bonchev–Trinajstić information content (AvgIpc) is 2.52. The molecule has 1 atom stereocenters. The van der Waals surface area contributed by atoms with Crippen LogP contribution in [0.25, 0.3) is 0 Å². The number of nitro benzene ring substituents is 1. The summed E-state index contributed by atoms with van der Waals surface area (Å²) in [4.78, 5) is 45.1. The van der Waals surface area contributed by atoms with Crippen LogP contribution < -0.4 is 10.6 Å². The van der Waals surface area contributed by atoms with Gasteiger partial charge in [-0.25, -0.2) is 4.79 Å². The Balaban J connectivity index is 2.60. The van der Waals surface area contributed by atoms with Crippen molar-refractivity contribution in [1.29, 1.82) is 0 Å². The Hall–Kier alpha value is -2.49. The Morgan fingerprint density at radius 3 is 2.62 bits per heavy atom. The summed E-state index contributed by atoms with van der Waals surface area (Å²) in [5.41, 5.74) is -0.353. The third kappa shape index (κ3) is 5.61. The molecule has 0 aliphatic rings. The normalized spacial score (nSPS) is 11.3. The number of amides is 2. The van der Waals surface area contributed by atoms with Crippen LogP contribution in [0.1, 0.15) is 24.2 Å². The highest BCUT2D eigenvalue weighted by molar-refractivity contribution is 9.10. The highest BCUT2D eigenvalue weighted by Crippen LogP contribution is 2.25. The van der Waals surface area contributed by atoms with Gasteiger partial charge < -0.3 is 15.4 Å². The van der Waals surface area contributed by atoms with Crippen LogP contribution in [-0.2, 0) is 14.3 Å². The van der Waals surface area contributed by atoms with E-state index in [9.17, 15) is 24.5 Å². The molecule has 2 amide bonds. The highest BCUT2D eigenvalue weighted by Gasteiger charge is 2.19. The first-order valence-electron chi connectivity index (χ1n) is 6.94. The fourth-order valence-corrected chi connectivity index (χ4v) is 2.06. The lowest BCUT2D eigenvalue weighted by Gasteiger charge is -2.13. The number of carbonyl (C=O) groups is 3. The van der Waals surface area contributed by atoms with Gasteiger partial charge >= 0.3 is 5.97 Å². The van der Waals surface area contributed by atoms with E-state index in [0.29, 0.717) is 6.54 Å². The van der Waals surface area contributed by atoms with Crippen molar-refractivity contribution < 1.29 is 24.0 Å². The molecule has 0 fully saturated rings. The topological polar surface area (TPSA) is 128 Å². The molecule has 1 aromatic carbocycles. The predicted molar refractivity (Wildman–Crippen MR) is 87.4 cm³/mol. The van der Waals surface area contributed by atoms with Crippen molar-refractivity contribution in [3.05, 3.63) is 38.3 Å². The second-order valence-electron chi connectivity index (χ2n) is 4.68. The Labute approximate surface area is 146 Å². The molecule has 24 heavy (non-hydrogen) atoms. The fraction of sp³-hybridized carbons (Fsp3) is 0.357. The van der Waals surface area contributed by atoms with Gasteiger partial charge in [-0.15, -0.1) is 0 Å². The third-order valence-corrected chi connectivity index (χ3v) is 3.51. The van der Waals surface area contributed by atoms with E-state index in [1.54, 1.807) is 6.92 Å². The number of carbonyl (C=O) groups excluding carboxylic acids is 3. The van der Waals surface area contributed by atoms with Gasteiger partial charge in [-0.05, 0) is 41.9 Å². The van der Waals surface area contributed by atoms with E-state index in [2.05, 4.69) is 26.6 Å². The van der Waals surface area contributed by atoms with E-state index in [1.807, 2.05) is 0 Å². The van der Waals surface area contributed by atoms with Gasteiger partial charge in [-0.3, -0.25) is 19.7 Å². The van der Waals surface area contributed by atoms with Gasteiger partial charge in [0.15, 0.2) is 6.61 Å². The van der Waals surface area contributed by atoms with E-state index < -0.39 is 29.4 Å². The number of rotatable bonds is 7. The summed E-state index contributed by atoms with van der Waals surface area (Å²) in [5, 5.41) is 15.7. The third-order valence-electron chi connectivity index (χ3n) is 2.83. The number of hydrogen-bond donors (Lipinski definition) is 2. The number of hydrogen-bond acceptors (Lipinski definition) is 6. The van der Waals surface area contributed by atoms with Crippen LogP contribution in [0.3, 0.4) is 0 Å². The zero-order valence-corrected chi connectivity index (χ0v) is 14.6. The SMILES string of the molecule is CCNC(=O)[C@@H](C)NC(=O)COC(=O)c1ccc(Br)c([N+](=O)[O-])c1. The molecule has 0 saturated carbocycles. The Kier molecular flexibility index (Phi) is 7.31. The molecule has 9 nitrogen and oxygen atoms in total. The lowest BCUT2D eigenvalue weighted by atomic mass is 10.2. The summed E-state index contributed by atoms with van der Waals surface area (Å²) in [5.74, 6) is -1.90. The van der Waals surface area contributed by atoms with E-state index in [1.165, 1.54) is 19.1 Å².